The highest BCUT2D eigenvalue weighted by atomic mass is 35.5. The molecule has 98 valence electrons. The normalized spacial score (nSPS) is 10.2. The van der Waals surface area contributed by atoms with E-state index in [4.69, 9.17) is 16.3 Å². The third-order valence-corrected chi connectivity index (χ3v) is 2.75. The molecule has 0 aliphatic rings. The average molecular weight is 284 g/mol. The van der Waals surface area contributed by atoms with Crippen molar-refractivity contribution in [2.45, 2.75) is 0 Å². The van der Waals surface area contributed by atoms with Crippen LogP contribution in [0.15, 0.2) is 60.9 Å². The molecule has 0 unspecified atom stereocenters. The van der Waals surface area contributed by atoms with Gasteiger partial charge in [0.2, 0.25) is 5.88 Å². The van der Waals surface area contributed by atoms with Gasteiger partial charge >= 0.3 is 0 Å². The molecule has 2 aromatic heterocycles. The Morgan fingerprint density at radius 2 is 1.80 bits per heavy atom. The molecule has 3 rings (SSSR count). The first-order valence-corrected chi connectivity index (χ1v) is 6.37. The summed E-state index contributed by atoms with van der Waals surface area (Å²) in [4.78, 5) is 12.5. The maximum Gasteiger partial charge on any atom is 0.224 e. The topological polar surface area (TPSA) is 47.9 Å². The van der Waals surface area contributed by atoms with Crippen LogP contribution in [0.5, 0.6) is 11.6 Å². The number of nitrogens with zero attached hydrogens (tertiary/aromatic N) is 3. The third-order valence-electron chi connectivity index (χ3n) is 2.56. The van der Waals surface area contributed by atoms with Gasteiger partial charge in [0.25, 0.3) is 0 Å². The zero-order valence-corrected chi connectivity index (χ0v) is 11.2. The van der Waals surface area contributed by atoms with Gasteiger partial charge < -0.3 is 4.74 Å². The highest BCUT2D eigenvalue weighted by Gasteiger charge is 2.07. The van der Waals surface area contributed by atoms with Crippen LogP contribution in [0, 0.1) is 0 Å². The maximum atomic E-state index is 6.02. The van der Waals surface area contributed by atoms with Crippen LogP contribution in [0.3, 0.4) is 0 Å². The Morgan fingerprint density at radius 1 is 0.950 bits per heavy atom. The Labute approximate surface area is 121 Å². The molecule has 0 N–H and O–H groups in total. The van der Waals surface area contributed by atoms with Gasteiger partial charge in [0.15, 0.2) is 5.82 Å². The second kappa shape index (κ2) is 5.67. The van der Waals surface area contributed by atoms with E-state index in [1.165, 1.54) is 0 Å². The largest absolute Gasteiger partial charge is 0.437 e. The second-order valence-electron chi connectivity index (χ2n) is 4.01. The zero-order valence-electron chi connectivity index (χ0n) is 10.4. The molecule has 0 radical (unpaired) electrons. The molecule has 0 atom stereocenters. The standard InChI is InChI=1S/C15H10ClN3O/c16-13-9-14(20-12-7-4-8-17-10-12)19-15(18-13)11-5-2-1-3-6-11/h1-10H. The molecule has 0 amide bonds. The Kier molecular flexibility index (Phi) is 3.56. The van der Waals surface area contributed by atoms with E-state index in [1.54, 1.807) is 30.6 Å². The lowest BCUT2D eigenvalue weighted by molar-refractivity contribution is 0.460. The summed E-state index contributed by atoms with van der Waals surface area (Å²) in [7, 11) is 0. The Bertz CT molecular complexity index is 705. The van der Waals surface area contributed by atoms with Gasteiger partial charge in [0.1, 0.15) is 10.9 Å². The monoisotopic (exact) mass is 283 g/mol. The van der Waals surface area contributed by atoms with Gasteiger partial charge in [-0.2, -0.15) is 4.98 Å². The van der Waals surface area contributed by atoms with Crippen LogP contribution in [-0.4, -0.2) is 15.0 Å². The molecule has 0 saturated heterocycles. The van der Waals surface area contributed by atoms with E-state index in [0.717, 1.165) is 5.56 Å². The van der Waals surface area contributed by atoms with Crippen LogP contribution in [0.4, 0.5) is 0 Å². The zero-order chi connectivity index (χ0) is 13.8. The van der Waals surface area contributed by atoms with Crippen molar-refractivity contribution < 1.29 is 4.74 Å². The van der Waals surface area contributed by atoms with Gasteiger partial charge in [-0.05, 0) is 12.1 Å². The molecule has 0 spiro atoms. The smallest absolute Gasteiger partial charge is 0.224 e. The van der Waals surface area contributed by atoms with Crippen LogP contribution in [0.1, 0.15) is 0 Å². The lowest BCUT2D eigenvalue weighted by atomic mass is 10.2. The molecule has 0 bridgehead atoms. The molecule has 0 saturated carbocycles. The summed E-state index contributed by atoms with van der Waals surface area (Å²) in [6.07, 6.45) is 3.29. The first kappa shape index (κ1) is 12.6. The van der Waals surface area contributed by atoms with Gasteiger partial charge in [0.05, 0.1) is 6.20 Å². The van der Waals surface area contributed by atoms with E-state index in [1.807, 2.05) is 30.3 Å². The average Bonchev–Trinajstić information content (AvgIpc) is 2.49. The second-order valence-corrected chi connectivity index (χ2v) is 4.40. The van der Waals surface area contributed by atoms with Gasteiger partial charge in [-0.15, -0.1) is 0 Å². The molecule has 0 aliphatic carbocycles. The summed E-state index contributed by atoms with van der Waals surface area (Å²) in [5.74, 6) is 1.51. The number of aromatic nitrogens is 3. The van der Waals surface area contributed by atoms with Gasteiger partial charge in [0, 0.05) is 17.8 Å². The fourth-order valence-electron chi connectivity index (χ4n) is 1.69. The summed E-state index contributed by atoms with van der Waals surface area (Å²) < 4.78 is 5.62. The molecule has 4 nitrogen and oxygen atoms in total. The minimum absolute atomic E-state index is 0.331. The van der Waals surface area contributed by atoms with E-state index >= 15 is 0 Å². The Morgan fingerprint density at radius 3 is 2.55 bits per heavy atom. The van der Waals surface area contributed by atoms with Crippen LogP contribution in [0.2, 0.25) is 5.15 Å². The summed E-state index contributed by atoms with van der Waals surface area (Å²) in [5, 5.41) is 0.331. The predicted octanol–water partition coefficient (Wildman–Crippen LogP) is 3.98. The van der Waals surface area contributed by atoms with Gasteiger partial charge in [-0.25, -0.2) is 4.98 Å². The van der Waals surface area contributed by atoms with Crippen molar-refractivity contribution in [2.75, 3.05) is 0 Å². The van der Waals surface area contributed by atoms with E-state index < -0.39 is 0 Å². The van der Waals surface area contributed by atoms with Crippen molar-refractivity contribution in [2.24, 2.45) is 0 Å². The van der Waals surface area contributed by atoms with Crippen LogP contribution in [-0.2, 0) is 0 Å². The Hall–Kier alpha value is -2.46. The number of rotatable bonds is 3. The molecular formula is C15H10ClN3O. The molecule has 20 heavy (non-hydrogen) atoms. The molecule has 1 aromatic carbocycles. The van der Waals surface area contributed by atoms with Crippen molar-refractivity contribution in [3.8, 4) is 23.0 Å². The van der Waals surface area contributed by atoms with Crippen molar-refractivity contribution in [1.29, 1.82) is 0 Å². The molecule has 2 heterocycles. The number of benzene rings is 1. The molecule has 0 aliphatic heterocycles. The minimum atomic E-state index is 0.331. The fourth-order valence-corrected chi connectivity index (χ4v) is 1.87. The van der Waals surface area contributed by atoms with Crippen LogP contribution < -0.4 is 4.74 Å². The Balaban J connectivity index is 1.95. The number of halogens is 1. The first-order valence-electron chi connectivity index (χ1n) is 5.99. The van der Waals surface area contributed by atoms with E-state index in [2.05, 4.69) is 15.0 Å². The fraction of sp³-hybridized carbons (Fsp3) is 0. The van der Waals surface area contributed by atoms with Crippen molar-refractivity contribution in [3.05, 3.63) is 66.1 Å². The maximum absolute atomic E-state index is 6.02. The number of pyridine rings is 1. The lowest BCUT2D eigenvalue weighted by Crippen LogP contribution is -1.94. The predicted molar refractivity (Wildman–Crippen MR) is 76.8 cm³/mol. The van der Waals surface area contributed by atoms with Gasteiger partial charge in [-0.1, -0.05) is 41.9 Å². The molecule has 3 aromatic rings. The first-order chi connectivity index (χ1) is 9.81. The van der Waals surface area contributed by atoms with Crippen LogP contribution >= 0.6 is 11.6 Å². The lowest BCUT2D eigenvalue weighted by Gasteiger charge is -2.06. The summed E-state index contributed by atoms with van der Waals surface area (Å²) in [6.45, 7) is 0. The SMILES string of the molecule is Clc1cc(Oc2cccnc2)nc(-c2ccccc2)n1. The summed E-state index contributed by atoms with van der Waals surface area (Å²) >= 11 is 6.02. The number of hydrogen-bond acceptors (Lipinski definition) is 4. The molecule has 0 fully saturated rings. The number of ether oxygens (including phenoxy) is 1. The van der Waals surface area contributed by atoms with Crippen molar-refractivity contribution >= 4 is 11.6 Å². The van der Waals surface area contributed by atoms with E-state index in [-0.39, 0.29) is 0 Å². The minimum Gasteiger partial charge on any atom is -0.437 e. The summed E-state index contributed by atoms with van der Waals surface area (Å²) in [5.41, 5.74) is 0.881. The highest BCUT2D eigenvalue weighted by Crippen LogP contribution is 2.24. The van der Waals surface area contributed by atoms with Crippen LogP contribution in [0.25, 0.3) is 11.4 Å². The van der Waals surface area contributed by atoms with Crippen molar-refractivity contribution in [1.82, 2.24) is 15.0 Å². The number of hydrogen-bond donors (Lipinski definition) is 0. The molecular weight excluding hydrogens is 274 g/mol. The van der Waals surface area contributed by atoms with E-state index in [9.17, 15) is 0 Å². The highest BCUT2D eigenvalue weighted by molar-refractivity contribution is 6.29. The van der Waals surface area contributed by atoms with E-state index in [0.29, 0.717) is 22.6 Å². The third kappa shape index (κ3) is 2.92. The van der Waals surface area contributed by atoms with Gasteiger partial charge in [-0.3, -0.25) is 4.98 Å². The summed E-state index contributed by atoms with van der Waals surface area (Å²) in [6, 6.07) is 14.8. The van der Waals surface area contributed by atoms with Crippen molar-refractivity contribution in [3.63, 3.8) is 0 Å². The molecule has 5 heteroatoms. The quantitative estimate of drug-likeness (QED) is 0.682.